The fourth-order valence-corrected chi connectivity index (χ4v) is 5.66. The van der Waals surface area contributed by atoms with Gasteiger partial charge >= 0.3 is 0 Å². The summed E-state index contributed by atoms with van der Waals surface area (Å²) in [4.78, 5) is 7.53. The van der Waals surface area contributed by atoms with E-state index in [4.69, 9.17) is 4.74 Å². The number of rotatable bonds is 4. The average molecular weight is 414 g/mol. The Morgan fingerprint density at radius 2 is 1.10 bits per heavy atom. The number of anilines is 3. The normalized spacial score (nSPS) is 12.0. The molecule has 0 saturated carbocycles. The number of ether oxygens (including phenoxy) is 1. The van der Waals surface area contributed by atoms with E-state index in [9.17, 15) is 0 Å². The van der Waals surface area contributed by atoms with Gasteiger partial charge in [-0.2, -0.15) is 0 Å². The van der Waals surface area contributed by atoms with Crippen molar-refractivity contribution in [3.63, 3.8) is 0 Å². The second-order valence-electron chi connectivity index (χ2n) is 6.65. The van der Waals surface area contributed by atoms with Gasteiger partial charge in [-0.1, -0.05) is 53.9 Å². The molecule has 4 heteroatoms. The van der Waals surface area contributed by atoms with Crippen molar-refractivity contribution in [1.29, 1.82) is 0 Å². The van der Waals surface area contributed by atoms with Gasteiger partial charge in [0.15, 0.2) is 0 Å². The molecule has 4 aromatic carbocycles. The van der Waals surface area contributed by atoms with E-state index in [0.717, 1.165) is 22.8 Å². The minimum atomic E-state index is 0.857. The van der Waals surface area contributed by atoms with Crippen LogP contribution in [0.2, 0.25) is 0 Å². The Hall–Kier alpha value is -2.82. The highest BCUT2D eigenvalue weighted by Gasteiger charge is 2.19. The highest BCUT2D eigenvalue weighted by molar-refractivity contribution is 8.05. The van der Waals surface area contributed by atoms with Gasteiger partial charge in [-0.05, 0) is 66.7 Å². The van der Waals surface area contributed by atoms with Crippen LogP contribution in [0.3, 0.4) is 0 Å². The van der Waals surface area contributed by atoms with Crippen LogP contribution in [-0.2, 0) is 0 Å². The predicted molar refractivity (Wildman–Crippen MR) is 122 cm³/mol. The number of hydrogen-bond acceptors (Lipinski definition) is 4. The van der Waals surface area contributed by atoms with Gasteiger partial charge in [0.25, 0.3) is 0 Å². The number of para-hydroxylation sites is 1. The Balaban J connectivity index is 1.58. The molecule has 0 fully saturated rings. The lowest BCUT2D eigenvalue weighted by Crippen LogP contribution is -2.10. The second kappa shape index (κ2) is 7.90. The maximum Gasteiger partial charge on any atom is 0.119 e. The van der Waals surface area contributed by atoms with E-state index in [2.05, 4.69) is 83.8 Å². The fraction of sp³-hybridized carbons (Fsp3) is 0.0400. The van der Waals surface area contributed by atoms with Crippen LogP contribution in [0.1, 0.15) is 0 Å². The number of benzene rings is 4. The lowest BCUT2D eigenvalue weighted by atomic mass is 10.2. The van der Waals surface area contributed by atoms with Crippen LogP contribution in [0.25, 0.3) is 0 Å². The van der Waals surface area contributed by atoms with Crippen LogP contribution >= 0.6 is 23.5 Å². The minimum absolute atomic E-state index is 0.857. The summed E-state index contributed by atoms with van der Waals surface area (Å²) in [5.74, 6) is 0.857. The third-order valence-electron chi connectivity index (χ3n) is 4.82. The maximum absolute atomic E-state index is 5.34. The zero-order valence-corrected chi connectivity index (χ0v) is 17.5. The lowest BCUT2D eigenvalue weighted by Gasteiger charge is -2.27. The first-order chi connectivity index (χ1) is 14.3. The average Bonchev–Trinajstić information content (AvgIpc) is 2.79. The smallest absolute Gasteiger partial charge is 0.119 e. The fourth-order valence-electron chi connectivity index (χ4n) is 3.41. The third-order valence-corrected chi connectivity index (χ3v) is 7.36. The number of hydrogen-bond donors (Lipinski definition) is 0. The standard InChI is InChI=1S/C25H19NOS2/c1-27-21-14-11-19(12-15-21)26(18-7-3-2-4-8-18)20-13-16-24-25(17-20)29-23-10-6-5-9-22(23)28-24/h2-17H,1H3. The molecule has 0 atom stereocenters. The predicted octanol–water partition coefficient (Wildman–Crippen LogP) is 7.78. The van der Waals surface area contributed by atoms with E-state index in [-0.39, 0.29) is 0 Å². The molecule has 0 unspecified atom stereocenters. The summed E-state index contributed by atoms with van der Waals surface area (Å²) in [5, 5.41) is 0. The SMILES string of the molecule is COc1ccc(N(c2ccccc2)c2ccc3c(c2)Sc2ccccc2S3)cc1. The lowest BCUT2D eigenvalue weighted by molar-refractivity contribution is 0.415. The van der Waals surface area contributed by atoms with Crippen molar-refractivity contribution in [1.82, 2.24) is 0 Å². The molecule has 0 saturated heterocycles. The highest BCUT2D eigenvalue weighted by Crippen LogP contribution is 2.50. The van der Waals surface area contributed by atoms with Gasteiger partial charge in [0.2, 0.25) is 0 Å². The van der Waals surface area contributed by atoms with E-state index < -0.39 is 0 Å². The van der Waals surface area contributed by atoms with Gasteiger partial charge in [-0.25, -0.2) is 0 Å². The third kappa shape index (κ3) is 3.61. The summed E-state index contributed by atoms with van der Waals surface area (Å²) in [6, 6.07) is 34.0. The Labute approximate surface area is 179 Å². The molecule has 0 radical (unpaired) electrons. The molecule has 0 N–H and O–H groups in total. The molecule has 142 valence electrons. The zero-order valence-electron chi connectivity index (χ0n) is 15.9. The minimum Gasteiger partial charge on any atom is -0.497 e. The Morgan fingerprint density at radius 1 is 0.552 bits per heavy atom. The zero-order chi connectivity index (χ0) is 19.6. The molecule has 2 nitrogen and oxygen atoms in total. The maximum atomic E-state index is 5.34. The molecule has 29 heavy (non-hydrogen) atoms. The van der Waals surface area contributed by atoms with Crippen LogP contribution in [-0.4, -0.2) is 7.11 Å². The number of methoxy groups -OCH3 is 1. The highest BCUT2D eigenvalue weighted by atomic mass is 32.2. The molecular weight excluding hydrogens is 394 g/mol. The van der Waals surface area contributed by atoms with Gasteiger partial charge in [0.05, 0.1) is 7.11 Å². The van der Waals surface area contributed by atoms with Crippen molar-refractivity contribution in [2.24, 2.45) is 0 Å². The molecule has 0 bridgehead atoms. The summed E-state index contributed by atoms with van der Waals surface area (Å²) in [6.45, 7) is 0. The second-order valence-corrected chi connectivity index (χ2v) is 8.82. The number of nitrogens with zero attached hydrogens (tertiary/aromatic N) is 1. The van der Waals surface area contributed by atoms with E-state index in [1.165, 1.54) is 19.6 Å². The van der Waals surface area contributed by atoms with Crippen molar-refractivity contribution >= 4 is 40.6 Å². The molecule has 1 aliphatic heterocycles. The molecule has 0 aromatic heterocycles. The van der Waals surface area contributed by atoms with E-state index in [0.29, 0.717) is 0 Å². The number of fused-ring (bicyclic) bond motifs is 2. The molecule has 0 amide bonds. The molecule has 1 aliphatic rings. The first-order valence-corrected chi connectivity index (χ1v) is 11.0. The van der Waals surface area contributed by atoms with Crippen molar-refractivity contribution in [2.75, 3.05) is 12.0 Å². The Kier molecular flexibility index (Phi) is 4.96. The summed E-state index contributed by atoms with van der Waals surface area (Å²) in [5.41, 5.74) is 3.38. The van der Waals surface area contributed by atoms with Gasteiger partial charge in [-0.15, -0.1) is 0 Å². The van der Waals surface area contributed by atoms with Crippen molar-refractivity contribution in [3.05, 3.63) is 97.1 Å². The summed E-state index contributed by atoms with van der Waals surface area (Å²) in [6.07, 6.45) is 0. The molecule has 0 spiro atoms. The van der Waals surface area contributed by atoms with Crippen LogP contribution in [0.5, 0.6) is 5.75 Å². The van der Waals surface area contributed by atoms with E-state index >= 15 is 0 Å². The Morgan fingerprint density at radius 3 is 1.79 bits per heavy atom. The largest absolute Gasteiger partial charge is 0.497 e. The monoisotopic (exact) mass is 413 g/mol. The van der Waals surface area contributed by atoms with Gasteiger partial charge in [-0.3, -0.25) is 0 Å². The molecule has 1 heterocycles. The summed E-state index contributed by atoms with van der Waals surface area (Å²) >= 11 is 3.69. The topological polar surface area (TPSA) is 12.5 Å². The van der Waals surface area contributed by atoms with Gasteiger partial charge in [0.1, 0.15) is 5.75 Å². The van der Waals surface area contributed by atoms with Crippen LogP contribution in [0.15, 0.2) is 117 Å². The first-order valence-electron chi connectivity index (χ1n) is 9.40. The first kappa shape index (κ1) is 18.2. The Bertz CT molecular complexity index is 1140. The van der Waals surface area contributed by atoms with Crippen molar-refractivity contribution in [2.45, 2.75) is 19.6 Å². The molecular formula is C25H19NOS2. The molecule has 0 aliphatic carbocycles. The van der Waals surface area contributed by atoms with Crippen LogP contribution < -0.4 is 9.64 Å². The van der Waals surface area contributed by atoms with Crippen LogP contribution in [0, 0.1) is 0 Å². The molecule has 4 aromatic rings. The van der Waals surface area contributed by atoms with E-state index in [1.807, 2.05) is 41.7 Å². The van der Waals surface area contributed by atoms with Crippen molar-refractivity contribution < 1.29 is 4.74 Å². The van der Waals surface area contributed by atoms with E-state index in [1.54, 1.807) is 7.11 Å². The molecule has 5 rings (SSSR count). The van der Waals surface area contributed by atoms with Crippen LogP contribution in [0.4, 0.5) is 17.1 Å². The quantitative estimate of drug-likeness (QED) is 0.298. The summed E-state index contributed by atoms with van der Waals surface area (Å²) < 4.78 is 5.34. The summed E-state index contributed by atoms with van der Waals surface area (Å²) in [7, 11) is 1.69. The van der Waals surface area contributed by atoms with Gasteiger partial charge in [0, 0.05) is 36.6 Å². The van der Waals surface area contributed by atoms with Crippen molar-refractivity contribution in [3.8, 4) is 5.75 Å². The van der Waals surface area contributed by atoms with Gasteiger partial charge < -0.3 is 9.64 Å².